The molecule has 1 amide bonds. The van der Waals surface area contributed by atoms with Gasteiger partial charge in [0.25, 0.3) is 5.91 Å². The maximum absolute atomic E-state index is 12.4. The lowest BCUT2D eigenvalue weighted by atomic mass is 10.3. The molecule has 0 fully saturated rings. The summed E-state index contributed by atoms with van der Waals surface area (Å²) in [5.74, 6) is -0.477. The second-order valence-electron chi connectivity index (χ2n) is 5.01. The number of hydrogen-bond acceptors (Lipinski definition) is 6. The molecule has 0 saturated heterocycles. The van der Waals surface area contributed by atoms with E-state index in [0.717, 1.165) is 21.6 Å². The molecule has 0 bridgehead atoms. The average Bonchev–Trinajstić information content (AvgIpc) is 3.21. The van der Waals surface area contributed by atoms with Crippen LogP contribution in [0.4, 0.5) is 5.00 Å². The van der Waals surface area contributed by atoms with Crippen molar-refractivity contribution in [3.8, 4) is 0 Å². The normalized spacial score (nSPS) is 12.0. The van der Waals surface area contributed by atoms with Crippen LogP contribution in [0.2, 0.25) is 0 Å². The summed E-state index contributed by atoms with van der Waals surface area (Å²) in [6, 6.07) is 10.6. The van der Waals surface area contributed by atoms with Crippen molar-refractivity contribution in [3.05, 3.63) is 56.2 Å². The first-order chi connectivity index (χ1) is 12.1. The lowest BCUT2D eigenvalue weighted by molar-refractivity contribution is -0.380. The summed E-state index contributed by atoms with van der Waals surface area (Å²) in [6.07, 6.45) is 0. The summed E-state index contributed by atoms with van der Waals surface area (Å²) in [7, 11) is 0. The maximum atomic E-state index is 12.4. The van der Waals surface area contributed by atoms with Gasteiger partial charge in [0.1, 0.15) is 4.88 Å². The van der Waals surface area contributed by atoms with Crippen molar-refractivity contribution in [2.45, 2.75) is 13.5 Å². The summed E-state index contributed by atoms with van der Waals surface area (Å²) in [5, 5.41) is 10.7. The third kappa shape index (κ3) is 3.84. The molecule has 2 heterocycles. The van der Waals surface area contributed by atoms with Crippen molar-refractivity contribution in [1.82, 2.24) is 4.57 Å². The molecule has 0 atom stereocenters. The van der Waals surface area contributed by atoms with Crippen molar-refractivity contribution in [2.24, 2.45) is 4.99 Å². The van der Waals surface area contributed by atoms with E-state index < -0.39 is 10.8 Å². The molecule has 25 heavy (non-hydrogen) atoms. The zero-order valence-corrected chi connectivity index (χ0v) is 15.0. The minimum Gasteiger partial charge on any atom is -0.380 e. The number of carbonyl (C=O) groups is 1. The molecule has 0 aliphatic rings. The van der Waals surface area contributed by atoms with Gasteiger partial charge < -0.3 is 9.30 Å². The van der Waals surface area contributed by atoms with E-state index in [4.69, 9.17) is 4.74 Å². The van der Waals surface area contributed by atoms with Crippen LogP contribution >= 0.6 is 22.7 Å². The van der Waals surface area contributed by atoms with Gasteiger partial charge in [-0.05, 0) is 25.1 Å². The molecule has 0 saturated carbocycles. The highest BCUT2D eigenvalue weighted by atomic mass is 32.1. The Balaban J connectivity index is 2.00. The van der Waals surface area contributed by atoms with Crippen molar-refractivity contribution < 1.29 is 14.5 Å². The third-order valence-corrected chi connectivity index (χ3v) is 5.52. The van der Waals surface area contributed by atoms with Crippen molar-refractivity contribution in [2.75, 3.05) is 13.2 Å². The fraction of sp³-hybridized carbons (Fsp3) is 0.250. The van der Waals surface area contributed by atoms with E-state index in [-0.39, 0.29) is 9.88 Å². The van der Waals surface area contributed by atoms with Gasteiger partial charge in [0.2, 0.25) is 0 Å². The molecule has 0 unspecified atom stereocenters. The first kappa shape index (κ1) is 17.5. The van der Waals surface area contributed by atoms with E-state index in [9.17, 15) is 14.9 Å². The lowest BCUT2D eigenvalue weighted by Crippen LogP contribution is -2.19. The topological polar surface area (TPSA) is 86.7 Å². The summed E-state index contributed by atoms with van der Waals surface area (Å²) in [5.41, 5.74) is 0.982. The van der Waals surface area contributed by atoms with Gasteiger partial charge in [-0.3, -0.25) is 14.9 Å². The molecule has 130 valence electrons. The Bertz CT molecular complexity index is 987. The summed E-state index contributed by atoms with van der Waals surface area (Å²) in [6.45, 7) is 3.64. The third-order valence-electron chi connectivity index (χ3n) is 3.43. The maximum Gasteiger partial charge on any atom is 0.324 e. The Morgan fingerprint density at radius 1 is 1.28 bits per heavy atom. The second-order valence-corrected chi connectivity index (χ2v) is 7.08. The Labute approximate surface area is 151 Å². The Morgan fingerprint density at radius 2 is 2.08 bits per heavy atom. The number of thiophene rings is 1. The fourth-order valence-corrected chi connectivity index (χ4v) is 4.06. The highest BCUT2D eigenvalue weighted by Crippen LogP contribution is 2.24. The number of nitrogens with zero attached hydrogens (tertiary/aromatic N) is 3. The molecule has 1 aromatic carbocycles. The molecule has 0 aliphatic carbocycles. The minimum absolute atomic E-state index is 0.0703. The van der Waals surface area contributed by atoms with Crippen LogP contribution in [0.3, 0.4) is 0 Å². The Hall–Kier alpha value is -2.36. The molecular weight excluding hydrogens is 362 g/mol. The number of hydrogen-bond donors (Lipinski definition) is 0. The van der Waals surface area contributed by atoms with E-state index in [0.29, 0.717) is 24.6 Å². The number of nitro groups is 1. The van der Waals surface area contributed by atoms with E-state index in [2.05, 4.69) is 4.99 Å². The van der Waals surface area contributed by atoms with Crippen LogP contribution in [-0.4, -0.2) is 28.6 Å². The van der Waals surface area contributed by atoms with E-state index in [1.54, 1.807) is 0 Å². The van der Waals surface area contributed by atoms with Crippen LogP contribution in [0.5, 0.6) is 0 Å². The number of rotatable bonds is 6. The molecule has 0 radical (unpaired) electrons. The van der Waals surface area contributed by atoms with E-state index in [1.165, 1.54) is 23.5 Å². The monoisotopic (exact) mass is 377 g/mol. The van der Waals surface area contributed by atoms with Crippen LogP contribution in [0.25, 0.3) is 10.2 Å². The van der Waals surface area contributed by atoms with Crippen LogP contribution in [-0.2, 0) is 11.3 Å². The number of para-hydroxylation sites is 1. The van der Waals surface area contributed by atoms with Gasteiger partial charge in [-0.25, -0.2) is 0 Å². The second kappa shape index (κ2) is 7.68. The van der Waals surface area contributed by atoms with Gasteiger partial charge in [0.15, 0.2) is 4.80 Å². The highest BCUT2D eigenvalue weighted by molar-refractivity contribution is 7.17. The first-order valence-corrected chi connectivity index (χ1v) is 9.23. The molecule has 2 aromatic heterocycles. The number of aromatic nitrogens is 1. The number of thiazole rings is 1. The van der Waals surface area contributed by atoms with Gasteiger partial charge in [-0.1, -0.05) is 34.8 Å². The van der Waals surface area contributed by atoms with Crippen molar-refractivity contribution in [1.29, 1.82) is 0 Å². The van der Waals surface area contributed by atoms with E-state index in [1.807, 2.05) is 35.8 Å². The SMILES string of the molecule is CCOCCn1c(=NC(=O)c2ccc([N+](=O)[O-])s2)sc2ccccc21. The highest BCUT2D eigenvalue weighted by Gasteiger charge is 2.15. The van der Waals surface area contributed by atoms with Crippen molar-refractivity contribution >= 4 is 43.8 Å². The Kier molecular flexibility index (Phi) is 5.37. The largest absolute Gasteiger partial charge is 0.380 e. The zero-order chi connectivity index (χ0) is 17.8. The number of benzene rings is 1. The van der Waals surface area contributed by atoms with Crippen LogP contribution in [0.1, 0.15) is 16.6 Å². The average molecular weight is 377 g/mol. The molecule has 7 nitrogen and oxygen atoms in total. The van der Waals surface area contributed by atoms with Gasteiger partial charge >= 0.3 is 5.00 Å². The smallest absolute Gasteiger partial charge is 0.324 e. The standard InChI is InChI=1S/C16H15N3O4S2/c1-2-23-10-9-18-11-5-3-4-6-12(11)25-16(18)17-15(20)13-7-8-14(24-13)19(21)22/h3-8H,2,9-10H2,1H3. The van der Waals surface area contributed by atoms with Gasteiger partial charge in [0.05, 0.1) is 21.7 Å². The van der Waals surface area contributed by atoms with Gasteiger partial charge in [-0.2, -0.15) is 4.99 Å². The number of fused-ring (bicyclic) bond motifs is 1. The van der Waals surface area contributed by atoms with Gasteiger partial charge in [-0.15, -0.1) is 0 Å². The quantitative estimate of drug-likeness (QED) is 0.374. The molecule has 0 aliphatic heterocycles. The minimum atomic E-state index is -0.511. The Morgan fingerprint density at radius 3 is 2.80 bits per heavy atom. The summed E-state index contributed by atoms with van der Waals surface area (Å²) < 4.78 is 8.37. The lowest BCUT2D eigenvalue weighted by Gasteiger charge is -2.05. The van der Waals surface area contributed by atoms with Crippen LogP contribution in [0, 0.1) is 10.1 Å². The summed E-state index contributed by atoms with van der Waals surface area (Å²) >= 11 is 2.24. The molecule has 0 spiro atoms. The van der Waals surface area contributed by atoms with Crippen LogP contribution in [0.15, 0.2) is 41.4 Å². The zero-order valence-electron chi connectivity index (χ0n) is 13.4. The first-order valence-electron chi connectivity index (χ1n) is 7.59. The van der Waals surface area contributed by atoms with Crippen LogP contribution < -0.4 is 4.80 Å². The molecule has 9 heteroatoms. The number of ether oxygens (including phenoxy) is 1. The predicted octanol–water partition coefficient (Wildman–Crippen LogP) is 3.45. The molecule has 0 N–H and O–H groups in total. The number of carbonyl (C=O) groups excluding carboxylic acids is 1. The fourth-order valence-electron chi connectivity index (χ4n) is 2.31. The molecular formula is C16H15N3O4S2. The predicted molar refractivity (Wildman–Crippen MR) is 97.2 cm³/mol. The molecule has 3 aromatic rings. The molecule has 3 rings (SSSR count). The van der Waals surface area contributed by atoms with Gasteiger partial charge in [0, 0.05) is 19.2 Å². The number of amides is 1. The van der Waals surface area contributed by atoms with Crippen molar-refractivity contribution in [3.63, 3.8) is 0 Å². The van der Waals surface area contributed by atoms with E-state index >= 15 is 0 Å². The summed E-state index contributed by atoms with van der Waals surface area (Å²) in [4.78, 5) is 27.7.